The summed E-state index contributed by atoms with van der Waals surface area (Å²) in [6.07, 6.45) is -0.597. The summed E-state index contributed by atoms with van der Waals surface area (Å²) in [4.78, 5) is 26.5. The molecule has 0 spiro atoms. The summed E-state index contributed by atoms with van der Waals surface area (Å²) in [5.74, 6) is 0.442. The van der Waals surface area contributed by atoms with Gasteiger partial charge in [0.15, 0.2) is 23.3 Å². The molecule has 2 aliphatic carbocycles. The maximum absolute atomic E-state index is 13.3. The normalized spacial score (nSPS) is 39.8. The number of fused-ring (bicyclic) bond motifs is 2. The van der Waals surface area contributed by atoms with Crippen LogP contribution in [0.5, 0.6) is 5.75 Å². The standard InChI is InChI=1S/C22H20O4/c1-20-16(17(23)21(2)19(26-21)18(20)24)22(20,13-7-5-4-6-8-13)14-9-11-15(25-3)12-10-14/h4-12,16,19H,1-3H3/t16-,19?,20+,21?,22+/m1/s1. The topological polar surface area (TPSA) is 55.9 Å². The van der Waals surface area contributed by atoms with Crippen LogP contribution in [0.4, 0.5) is 0 Å². The number of Topliss-reactive ketones (excluding diaryl/α,β-unsaturated/α-hetero) is 2. The fourth-order valence-corrected chi connectivity index (χ4v) is 5.33. The monoisotopic (exact) mass is 348 g/mol. The van der Waals surface area contributed by atoms with Gasteiger partial charge in [-0.2, -0.15) is 0 Å². The summed E-state index contributed by atoms with van der Waals surface area (Å²) in [6.45, 7) is 3.68. The van der Waals surface area contributed by atoms with Crippen LogP contribution in [0, 0.1) is 11.3 Å². The van der Waals surface area contributed by atoms with E-state index in [-0.39, 0.29) is 11.6 Å². The lowest BCUT2D eigenvalue weighted by Gasteiger charge is -2.23. The van der Waals surface area contributed by atoms with E-state index in [1.54, 1.807) is 14.0 Å². The molecular formula is C22H20O4. The van der Waals surface area contributed by atoms with Gasteiger partial charge in [0, 0.05) is 11.3 Å². The first kappa shape index (κ1) is 15.8. The van der Waals surface area contributed by atoms with Crippen LogP contribution in [0.15, 0.2) is 54.6 Å². The molecule has 0 aromatic heterocycles. The van der Waals surface area contributed by atoms with Gasteiger partial charge in [-0.3, -0.25) is 9.59 Å². The maximum Gasteiger partial charge on any atom is 0.172 e. The molecule has 5 rings (SSSR count). The Morgan fingerprint density at radius 1 is 0.885 bits per heavy atom. The van der Waals surface area contributed by atoms with Crippen LogP contribution in [-0.4, -0.2) is 30.4 Å². The lowest BCUT2D eigenvalue weighted by molar-refractivity contribution is -0.132. The second-order valence-corrected chi connectivity index (χ2v) is 7.87. The summed E-state index contributed by atoms with van der Waals surface area (Å²) >= 11 is 0. The van der Waals surface area contributed by atoms with Crippen LogP contribution < -0.4 is 4.74 Å². The van der Waals surface area contributed by atoms with Gasteiger partial charge in [0.25, 0.3) is 0 Å². The zero-order valence-corrected chi connectivity index (χ0v) is 15.0. The number of ether oxygens (including phenoxy) is 2. The van der Waals surface area contributed by atoms with Crippen molar-refractivity contribution in [3.63, 3.8) is 0 Å². The number of ketones is 2. The van der Waals surface area contributed by atoms with Crippen molar-refractivity contribution in [3.8, 4) is 5.75 Å². The first-order valence-electron chi connectivity index (χ1n) is 8.89. The summed E-state index contributed by atoms with van der Waals surface area (Å²) < 4.78 is 10.8. The van der Waals surface area contributed by atoms with Gasteiger partial charge in [0.1, 0.15) is 5.75 Å². The molecule has 2 aromatic carbocycles. The Balaban J connectivity index is 1.75. The predicted molar refractivity (Wildman–Crippen MR) is 95.1 cm³/mol. The van der Waals surface area contributed by atoms with Crippen molar-refractivity contribution in [3.05, 3.63) is 65.7 Å². The van der Waals surface area contributed by atoms with Crippen molar-refractivity contribution in [2.45, 2.75) is 31.0 Å². The lowest BCUT2D eigenvalue weighted by Crippen LogP contribution is -2.39. The van der Waals surface area contributed by atoms with E-state index in [1.165, 1.54) is 0 Å². The molecule has 0 N–H and O–H groups in total. The fraction of sp³-hybridized carbons (Fsp3) is 0.364. The third-order valence-electron chi connectivity index (χ3n) is 6.83. The van der Waals surface area contributed by atoms with Gasteiger partial charge in [-0.25, -0.2) is 0 Å². The fourth-order valence-electron chi connectivity index (χ4n) is 5.33. The number of rotatable bonds is 3. The zero-order chi connectivity index (χ0) is 18.3. The summed E-state index contributed by atoms with van der Waals surface area (Å²) in [5.41, 5.74) is -0.382. The molecule has 132 valence electrons. The summed E-state index contributed by atoms with van der Waals surface area (Å²) in [5, 5.41) is 0. The first-order chi connectivity index (χ1) is 12.4. The van der Waals surface area contributed by atoms with Crippen LogP contribution in [0.25, 0.3) is 0 Å². The maximum atomic E-state index is 13.3. The van der Waals surface area contributed by atoms with E-state index in [1.807, 2.05) is 61.5 Å². The van der Waals surface area contributed by atoms with E-state index in [0.717, 1.165) is 16.9 Å². The SMILES string of the molecule is COc1ccc([C@@]2(c3ccccc3)[C@@H]3C(=O)C4(C)OC4C(=O)[C@]32C)cc1. The molecule has 26 heavy (non-hydrogen) atoms. The van der Waals surface area contributed by atoms with E-state index in [0.29, 0.717) is 0 Å². The predicted octanol–water partition coefficient (Wildman–Crippen LogP) is 2.93. The van der Waals surface area contributed by atoms with Crippen molar-refractivity contribution in [1.29, 1.82) is 0 Å². The molecule has 3 aliphatic rings. The van der Waals surface area contributed by atoms with Gasteiger partial charge in [0.2, 0.25) is 0 Å². The second kappa shape index (κ2) is 4.63. The quantitative estimate of drug-likeness (QED) is 0.801. The highest BCUT2D eigenvalue weighted by Gasteiger charge is 2.90. The minimum atomic E-state index is -0.940. The van der Waals surface area contributed by atoms with Crippen LogP contribution in [0.2, 0.25) is 0 Å². The van der Waals surface area contributed by atoms with Gasteiger partial charge in [-0.05, 0) is 30.2 Å². The number of carbonyl (C=O) groups excluding carboxylic acids is 2. The molecule has 1 heterocycles. The van der Waals surface area contributed by atoms with E-state index < -0.39 is 28.5 Å². The highest BCUT2D eigenvalue weighted by atomic mass is 16.6. The number of carbonyl (C=O) groups is 2. The Kier molecular flexibility index (Phi) is 2.81. The summed E-state index contributed by atoms with van der Waals surface area (Å²) in [6, 6.07) is 17.6. The molecule has 0 radical (unpaired) electrons. The molecule has 1 saturated heterocycles. The molecule has 1 aliphatic heterocycles. The van der Waals surface area contributed by atoms with E-state index in [2.05, 4.69) is 0 Å². The highest BCUT2D eigenvalue weighted by Crippen LogP contribution is 2.78. The average molecular weight is 348 g/mol. The molecule has 4 heteroatoms. The van der Waals surface area contributed by atoms with Gasteiger partial charge in [-0.15, -0.1) is 0 Å². The number of epoxide rings is 1. The molecule has 2 aromatic rings. The largest absolute Gasteiger partial charge is 0.497 e. The van der Waals surface area contributed by atoms with Crippen molar-refractivity contribution in [2.75, 3.05) is 7.11 Å². The van der Waals surface area contributed by atoms with E-state index in [4.69, 9.17) is 9.47 Å². The van der Waals surface area contributed by atoms with Crippen molar-refractivity contribution in [1.82, 2.24) is 0 Å². The van der Waals surface area contributed by atoms with Crippen LogP contribution >= 0.6 is 0 Å². The zero-order valence-electron chi connectivity index (χ0n) is 15.0. The average Bonchev–Trinajstić information content (AvgIpc) is 3.53. The van der Waals surface area contributed by atoms with Crippen LogP contribution in [-0.2, 0) is 19.7 Å². The molecule has 0 amide bonds. The third-order valence-corrected chi connectivity index (χ3v) is 6.83. The van der Waals surface area contributed by atoms with Gasteiger partial charge in [-0.1, -0.05) is 49.4 Å². The highest BCUT2D eigenvalue weighted by molar-refractivity contribution is 6.17. The Morgan fingerprint density at radius 2 is 1.50 bits per heavy atom. The smallest absolute Gasteiger partial charge is 0.172 e. The lowest BCUT2D eigenvalue weighted by atomic mass is 9.78. The molecule has 0 bridgehead atoms. The first-order valence-corrected chi connectivity index (χ1v) is 8.89. The number of benzene rings is 2. The summed E-state index contributed by atoms with van der Waals surface area (Å²) in [7, 11) is 1.62. The van der Waals surface area contributed by atoms with E-state index in [9.17, 15) is 9.59 Å². The second-order valence-electron chi connectivity index (χ2n) is 7.87. The van der Waals surface area contributed by atoms with Gasteiger partial charge < -0.3 is 9.47 Å². The minimum absolute atomic E-state index is 0.0456. The van der Waals surface area contributed by atoms with Crippen molar-refractivity contribution < 1.29 is 19.1 Å². The molecule has 2 saturated carbocycles. The van der Waals surface area contributed by atoms with Crippen molar-refractivity contribution >= 4 is 11.6 Å². The van der Waals surface area contributed by atoms with E-state index >= 15 is 0 Å². The molecule has 3 fully saturated rings. The number of hydrogen-bond acceptors (Lipinski definition) is 4. The Bertz CT molecular complexity index is 932. The van der Waals surface area contributed by atoms with Gasteiger partial charge in [0.05, 0.1) is 12.5 Å². The molecular weight excluding hydrogens is 328 g/mol. The van der Waals surface area contributed by atoms with Crippen LogP contribution in [0.1, 0.15) is 25.0 Å². The Labute approximate surface area is 152 Å². The number of methoxy groups -OCH3 is 1. The van der Waals surface area contributed by atoms with Gasteiger partial charge >= 0.3 is 0 Å². The molecule has 4 nitrogen and oxygen atoms in total. The minimum Gasteiger partial charge on any atom is -0.497 e. The Hall–Kier alpha value is -2.46. The molecule has 5 atom stereocenters. The number of hydrogen-bond donors (Lipinski definition) is 0. The third kappa shape index (κ3) is 1.51. The Morgan fingerprint density at radius 3 is 2.12 bits per heavy atom. The van der Waals surface area contributed by atoms with Crippen LogP contribution in [0.3, 0.4) is 0 Å². The molecule has 2 unspecified atom stereocenters. The van der Waals surface area contributed by atoms with Crippen molar-refractivity contribution in [2.24, 2.45) is 11.3 Å².